The van der Waals surface area contributed by atoms with Gasteiger partial charge in [-0.2, -0.15) is 0 Å². The first-order valence-electron chi connectivity index (χ1n) is 14.1. The van der Waals surface area contributed by atoms with Crippen molar-refractivity contribution in [2.75, 3.05) is 39.4 Å². The fraction of sp³-hybridized carbons (Fsp3) is 0.467. The number of benzene rings is 1. The van der Waals surface area contributed by atoms with Gasteiger partial charge in [-0.25, -0.2) is 4.67 Å². The summed E-state index contributed by atoms with van der Waals surface area (Å²) in [6.07, 6.45) is 13.1. The van der Waals surface area contributed by atoms with Crippen LogP contribution in [0.25, 0.3) is 10.8 Å². The highest BCUT2D eigenvalue weighted by Gasteiger charge is 2.33. The number of H-pyrrole nitrogens is 1. The molecule has 1 unspecified atom stereocenters. The monoisotopic (exact) mass is 548 g/mol. The van der Waals surface area contributed by atoms with Gasteiger partial charge < -0.3 is 19.3 Å². The van der Waals surface area contributed by atoms with Crippen molar-refractivity contribution in [2.24, 2.45) is 0 Å². The number of hydrogen-bond acceptors (Lipinski definition) is 5. The third-order valence-electron chi connectivity index (χ3n) is 8.61. The van der Waals surface area contributed by atoms with Gasteiger partial charge >= 0.3 is 7.52 Å². The van der Waals surface area contributed by atoms with Gasteiger partial charge in [0, 0.05) is 68.4 Å². The Morgan fingerprint density at radius 2 is 1.77 bits per heavy atom. The van der Waals surface area contributed by atoms with Crippen LogP contribution in [0, 0.1) is 0 Å². The molecule has 6 rings (SSSR count). The molecule has 0 saturated carbocycles. The van der Waals surface area contributed by atoms with Gasteiger partial charge in [0.1, 0.15) is 5.76 Å². The fourth-order valence-electron chi connectivity index (χ4n) is 6.41. The average Bonchev–Trinajstić information content (AvgIpc) is 3.40. The number of pyridine rings is 1. The molecule has 3 aliphatic heterocycles. The number of aromatic amines is 1. The summed E-state index contributed by atoms with van der Waals surface area (Å²) >= 11 is 0. The minimum Gasteiger partial charge on any atom is -0.437 e. The maximum atomic E-state index is 13.8. The molecule has 4 heterocycles. The maximum Gasteiger partial charge on any atom is 0.316 e. The first-order valence-corrected chi connectivity index (χ1v) is 16.2. The van der Waals surface area contributed by atoms with Gasteiger partial charge in [0.2, 0.25) is 0 Å². The largest absolute Gasteiger partial charge is 0.437 e. The summed E-state index contributed by atoms with van der Waals surface area (Å²) < 4.78 is 21.9. The fourth-order valence-corrected chi connectivity index (χ4v) is 7.96. The molecule has 206 valence electrons. The van der Waals surface area contributed by atoms with E-state index < -0.39 is 7.52 Å². The molecule has 39 heavy (non-hydrogen) atoms. The molecule has 1 amide bonds. The van der Waals surface area contributed by atoms with E-state index >= 15 is 0 Å². The number of likely N-dealkylation sites (tertiary alicyclic amines) is 2. The average molecular weight is 549 g/mol. The van der Waals surface area contributed by atoms with E-state index in [1.54, 1.807) is 18.8 Å². The number of allylic oxidation sites excluding steroid dienone is 3. The van der Waals surface area contributed by atoms with Crippen molar-refractivity contribution in [2.45, 2.75) is 51.1 Å². The summed E-state index contributed by atoms with van der Waals surface area (Å²) in [5, 5.41) is 1.54. The minimum atomic E-state index is -3.18. The van der Waals surface area contributed by atoms with Crippen LogP contribution in [0.5, 0.6) is 0 Å². The SMILES string of the molecule is CP(=O)(OC1=CC=C(C(=O)N2CCC(N3CCCC3)CC2)C=CC1)N1CCc2[nH]c(=O)c3ccccc3c2C1. The second kappa shape index (κ2) is 10.9. The summed E-state index contributed by atoms with van der Waals surface area (Å²) in [6.45, 7) is 6.60. The van der Waals surface area contributed by atoms with Crippen LogP contribution < -0.4 is 5.56 Å². The van der Waals surface area contributed by atoms with Crippen molar-refractivity contribution in [3.8, 4) is 0 Å². The van der Waals surface area contributed by atoms with Crippen LogP contribution in [0.3, 0.4) is 0 Å². The van der Waals surface area contributed by atoms with Gasteiger partial charge in [-0.05, 0) is 67.9 Å². The number of fused-ring (bicyclic) bond motifs is 3. The highest BCUT2D eigenvalue weighted by atomic mass is 31.2. The van der Waals surface area contributed by atoms with Crippen LogP contribution >= 0.6 is 7.52 Å². The number of hydrogen-bond donors (Lipinski definition) is 1. The standard InChI is InChI=1S/C30H37N4O4P/c1-39(37,34-20-15-28-27(21-34)25-9-2-3-10-26(25)29(35)31-28)38-24-8-6-7-22(11-12-24)30(36)33-18-13-23(14-19-33)32-16-4-5-17-32/h2-3,6-7,9-12,23H,4-5,8,13-21H2,1H3,(H,31,35). The number of amides is 1. The van der Waals surface area contributed by atoms with E-state index in [0.29, 0.717) is 48.7 Å². The van der Waals surface area contributed by atoms with E-state index in [1.807, 2.05) is 46.0 Å². The van der Waals surface area contributed by atoms with Crippen LogP contribution in [0.4, 0.5) is 0 Å². The van der Waals surface area contributed by atoms with Gasteiger partial charge in [-0.1, -0.05) is 30.4 Å². The lowest BCUT2D eigenvalue weighted by Crippen LogP contribution is -2.46. The third-order valence-corrected chi connectivity index (χ3v) is 10.5. The van der Waals surface area contributed by atoms with Crippen molar-refractivity contribution in [1.29, 1.82) is 0 Å². The normalized spacial score (nSPS) is 22.6. The lowest BCUT2D eigenvalue weighted by Gasteiger charge is -2.36. The molecule has 0 spiro atoms. The predicted molar refractivity (Wildman–Crippen MR) is 154 cm³/mol. The van der Waals surface area contributed by atoms with E-state index in [-0.39, 0.29) is 11.5 Å². The number of aromatic nitrogens is 1. The van der Waals surface area contributed by atoms with Gasteiger partial charge in [-0.3, -0.25) is 14.2 Å². The van der Waals surface area contributed by atoms with Crippen molar-refractivity contribution < 1.29 is 13.9 Å². The maximum absolute atomic E-state index is 13.8. The van der Waals surface area contributed by atoms with Gasteiger partial charge in [0.15, 0.2) is 0 Å². The lowest BCUT2D eigenvalue weighted by molar-refractivity contribution is -0.128. The lowest BCUT2D eigenvalue weighted by atomic mass is 10.0. The molecule has 2 saturated heterocycles. The zero-order chi connectivity index (χ0) is 27.0. The molecule has 8 nitrogen and oxygen atoms in total. The number of carbonyl (C=O) groups excluding carboxylic acids is 1. The minimum absolute atomic E-state index is 0.0526. The molecule has 1 atom stereocenters. The second-order valence-electron chi connectivity index (χ2n) is 11.1. The number of carbonyl (C=O) groups is 1. The topological polar surface area (TPSA) is 86.0 Å². The van der Waals surface area contributed by atoms with Crippen molar-refractivity contribution >= 4 is 24.2 Å². The van der Waals surface area contributed by atoms with Crippen LogP contribution in [0.1, 0.15) is 43.4 Å². The molecule has 1 aliphatic carbocycles. The van der Waals surface area contributed by atoms with Crippen molar-refractivity contribution in [1.82, 2.24) is 19.5 Å². The van der Waals surface area contributed by atoms with E-state index in [0.717, 1.165) is 42.6 Å². The Balaban J connectivity index is 1.12. The number of rotatable bonds is 5. The first kappa shape index (κ1) is 26.3. The number of nitrogens with one attached hydrogen (secondary N) is 1. The van der Waals surface area contributed by atoms with Crippen LogP contribution in [-0.2, 0) is 26.8 Å². The Morgan fingerprint density at radius 1 is 1.03 bits per heavy atom. The second-order valence-corrected chi connectivity index (χ2v) is 13.5. The van der Waals surface area contributed by atoms with Crippen LogP contribution in [-0.4, -0.2) is 70.8 Å². The Labute approximate surface area is 229 Å². The molecule has 1 aromatic heterocycles. The highest BCUT2D eigenvalue weighted by molar-refractivity contribution is 7.55. The van der Waals surface area contributed by atoms with E-state index in [4.69, 9.17) is 4.52 Å². The molecule has 2 aromatic rings. The Kier molecular flexibility index (Phi) is 7.36. The highest BCUT2D eigenvalue weighted by Crippen LogP contribution is 2.51. The third kappa shape index (κ3) is 5.43. The molecule has 1 N–H and O–H groups in total. The van der Waals surface area contributed by atoms with E-state index in [2.05, 4.69) is 9.88 Å². The Hall–Kier alpha value is -2.93. The van der Waals surface area contributed by atoms with Crippen LogP contribution in [0.2, 0.25) is 0 Å². The molecule has 9 heteroatoms. The Morgan fingerprint density at radius 3 is 2.54 bits per heavy atom. The summed E-state index contributed by atoms with van der Waals surface area (Å²) in [5.74, 6) is 0.640. The van der Waals surface area contributed by atoms with E-state index in [9.17, 15) is 14.2 Å². The quantitative estimate of drug-likeness (QED) is 0.551. The van der Waals surface area contributed by atoms with Crippen LogP contribution in [0.15, 0.2) is 64.7 Å². The van der Waals surface area contributed by atoms with Gasteiger partial charge in [-0.15, -0.1) is 0 Å². The summed E-state index contributed by atoms with van der Waals surface area (Å²) in [4.78, 5) is 33.3. The van der Waals surface area contributed by atoms with Crippen molar-refractivity contribution in [3.63, 3.8) is 0 Å². The summed E-state index contributed by atoms with van der Waals surface area (Å²) in [6, 6.07) is 8.15. The first-order chi connectivity index (χ1) is 18.9. The molecule has 0 bridgehead atoms. The van der Waals surface area contributed by atoms with E-state index in [1.165, 1.54) is 25.9 Å². The molecular weight excluding hydrogens is 511 g/mol. The zero-order valence-corrected chi connectivity index (χ0v) is 23.5. The van der Waals surface area contributed by atoms with Gasteiger partial charge in [0.05, 0.1) is 0 Å². The number of nitrogens with zero attached hydrogens (tertiary/aromatic N) is 3. The predicted octanol–water partition coefficient (Wildman–Crippen LogP) is 4.58. The van der Waals surface area contributed by atoms with Crippen molar-refractivity contribution in [3.05, 3.63) is 81.5 Å². The molecule has 1 aromatic carbocycles. The number of piperidine rings is 1. The Bertz CT molecular complexity index is 1460. The molecule has 2 fully saturated rings. The summed E-state index contributed by atoms with van der Waals surface area (Å²) in [7, 11) is -3.18. The molecule has 4 aliphatic rings. The zero-order valence-electron chi connectivity index (χ0n) is 22.6. The smallest absolute Gasteiger partial charge is 0.316 e. The molecule has 0 radical (unpaired) electrons. The molecular formula is C30H37N4O4P. The van der Waals surface area contributed by atoms with Gasteiger partial charge in [0.25, 0.3) is 11.5 Å². The summed E-state index contributed by atoms with van der Waals surface area (Å²) in [5.41, 5.74) is 2.46.